The van der Waals surface area contributed by atoms with Crippen LogP contribution in [0.25, 0.3) is 0 Å². The van der Waals surface area contributed by atoms with Gasteiger partial charge in [0.25, 0.3) is 0 Å². The molecule has 124 valence electrons. The van der Waals surface area contributed by atoms with Gasteiger partial charge in [-0.15, -0.1) is 0 Å². The Balaban J connectivity index is 1.48. The third-order valence-electron chi connectivity index (χ3n) is 4.33. The monoisotopic (exact) mass is 330 g/mol. The van der Waals surface area contributed by atoms with E-state index < -0.39 is 0 Å². The Hall–Kier alpha value is -0.990. The van der Waals surface area contributed by atoms with Crippen LogP contribution in [-0.4, -0.2) is 67.2 Å². The van der Waals surface area contributed by atoms with E-state index >= 15 is 0 Å². The topological polar surface area (TPSA) is 15.7 Å². The molecular formula is C19H26N2OS. The first kappa shape index (κ1) is 16.9. The quantitative estimate of drug-likeness (QED) is 0.787. The summed E-state index contributed by atoms with van der Waals surface area (Å²) in [5.41, 5.74) is 2.53. The number of nitrogens with zero attached hydrogens (tertiary/aromatic N) is 2. The highest BCUT2D eigenvalue weighted by atomic mass is 32.2. The average molecular weight is 330 g/mol. The van der Waals surface area contributed by atoms with E-state index in [1.807, 2.05) is 0 Å². The van der Waals surface area contributed by atoms with Gasteiger partial charge in [0, 0.05) is 62.8 Å². The molecule has 0 amide bonds. The Bertz CT molecular complexity index is 540. The first-order chi connectivity index (χ1) is 11.4. The number of benzene rings is 1. The fourth-order valence-electron chi connectivity index (χ4n) is 2.97. The predicted octanol–water partition coefficient (Wildman–Crippen LogP) is 2.31. The summed E-state index contributed by atoms with van der Waals surface area (Å²) in [7, 11) is 0. The molecule has 1 aromatic carbocycles. The van der Waals surface area contributed by atoms with Crippen LogP contribution in [0.1, 0.15) is 17.5 Å². The lowest BCUT2D eigenvalue weighted by Gasteiger charge is -2.26. The van der Waals surface area contributed by atoms with Crippen LogP contribution in [0.5, 0.6) is 0 Å². The second kappa shape index (κ2) is 9.34. The Morgan fingerprint density at radius 2 is 1.87 bits per heavy atom. The van der Waals surface area contributed by atoms with Crippen molar-refractivity contribution in [3.05, 3.63) is 35.4 Å². The summed E-state index contributed by atoms with van der Waals surface area (Å²) in [5.74, 6) is 9.19. The third-order valence-corrected chi connectivity index (χ3v) is 5.27. The summed E-state index contributed by atoms with van der Waals surface area (Å²) < 4.78 is 5.37. The van der Waals surface area contributed by atoms with Gasteiger partial charge in [-0.05, 0) is 17.7 Å². The van der Waals surface area contributed by atoms with Crippen molar-refractivity contribution in [3.8, 4) is 11.8 Å². The number of hydrogen-bond donors (Lipinski definition) is 0. The van der Waals surface area contributed by atoms with Crippen LogP contribution in [0.3, 0.4) is 0 Å². The first-order valence-corrected chi connectivity index (χ1v) is 9.74. The second-order valence-electron chi connectivity index (χ2n) is 6.09. The van der Waals surface area contributed by atoms with Crippen molar-refractivity contribution in [1.29, 1.82) is 0 Å². The average Bonchev–Trinajstić information content (AvgIpc) is 2.61. The van der Waals surface area contributed by atoms with E-state index in [0.29, 0.717) is 0 Å². The molecule has 0 aromatic heterocycles. The van der Waals surface area contributed by atoms with Crippen LogP contribution in [0.2, 0.25) is 0 Å². The molecule has 3 rings (SSSR count). The molecule has 0 bridgehead atoms. The summed E-state index contributed by atoms with van der Waals surface area (Å²) in [6.45, 7) is 8.36. The molecule has 0 aliphatic carbocycles. The van der Waals surface area contributed by atoms with Gasteiger partial charge in [0.2, 0.25) is 0 Å². The van der Waals surface area contributed by atoms with Crippen LogP contribution in [-0.2, 0) is 11.3 Å². The normalized spacial score (nSPS) is 20.0. The SMILES string of the molecule is C(#Cc1cccc(CN2CCSCC2)c1)CCN1CCOCC1. The maximum absolute atomic E-state index is 5.37. The molecule has 4 heteroatoms. The standard InChI is InChI=1S/C19H26N2OS/c1(2-7-20-8-12-22-13-9-20)4-18-5-3-6-19(16-18)17-21-10-14-23-15-11-21/h3,5-6,16H,2,7-15,17H2. The van der Waals surface area contributed by atoms with E-state index in [2.05, 4.69) is 57.7 Å². The number of ether oxygens (including phenoxy) is 1. The summed E-state index contributed by atoms with van der Waals surface area (Å²) in [4.78, 5) is 4.98. The predicted molar refractivity (Wildman–Crippen MR) is 97.8 cm³/mol. The summed E-state index contributed by atoms with van der Waals surface area (Å²) in [6.07, 6.45) is 0.938. The van der Waals surface area contributed by atoms with Gasteiger partial charge in [0.1, 0.15) is 0 Å². The van der Waals surface area contributed by atoms with E-state index in [1.165, 1.54) is 30.2 Å². The molecule has 3 nitrogen and oxygen atoms in total. The van der Waals surface area contributed by atoms with Crippen LogP contribution in [0.15, 0.2) is 24.3 Å². The second-order valence-corrected chi connectivity index (χ2v) is 7.32. The van der Waals surface area contributed by atoms with E-state index in [-0.39, 0.29) is 0 Å². The molecule has 23 heavy (non-hydrogen) atoms. The molecule has 0 N–H and O–H groups in total. The number of rotatable bonds is 4. The van der Waals surface area contributed by atoms with E-state index in [1.54, 1.807) is 0 Å². The largest absolute Gasteiger partial charge is 0.379 e. The van der Waals surface area contributed by atoms with Crippen molar-refractivity contribution in [1.82, 2.24) is 9.80 Å². The smallest absolute Gasteiger partial charge is 0.0594 e. The van der Waals surface area contributed by atoms with Crippen LogP contribution >= 0.6 is 11.8 Å². The number of morpholine rings is 1. The van der Waals surface area contributed by atoms with Crippen LogP contribution < -0.4 is 0 Å². The molecule has 2 aliphatic rings. The number of thioether (sulfide) groups is 1. The molecule has 0 spiro atoms. The van der Waals surface area contributed by atoms with Crippen molar-refractivity contribution in [2.45, 2.75) is 13.0 Å². The Kier molecular flexibility index (Phi) is 6.84. The van der Waals surface area contributed by atoms with Crippen molar-refractivity contribution < 1.29 is 4.74 Å². The van der Waals surface area contributed by atoms with Crippen LogP contribution in [0, 0.1) is 11.8 Å². The van der Waals surface area contributed by atoms with E-state index in [4.69, 9.17) is 4.74 Å². The highest BCUT2D eigenvalue weighted by Gasteiger charge is 2.10. The van der Waals surface area contributed by atoms with Gasteiger partial charge < -0.3 is 4.74 Å². The summed E-state index contributed by atoms with van der Waals surface area (Å²) >= 11 is 2.06. The highest BCUT2D eigenvalue weighted by molar-refractivity contribution is 7.99. The number of hydrogen-bond acceptors (Lipinski definition) is 4. The van der Waals surface area contributed by atoms with E-state index in [0.717, 1.165) is 51.4 Å². The molecule has 0 unspecified atom stereocenters. The molecule has 1 aromatic rings. The van der Waals surface area contributed by atoms with Gasteiger partial charge in [-0.25, -0.2) is 0 Å². The van der Waals surface area contributed by atoms with Gasteiger partial charge in [0.15, 0.2) is 0 Å². The fraction of sp³-hybridized carbons (Fsp3) is 0.579. The third kappa shape index (κ3) is 5.86. The Morgan fingerprint density at radius 3 is 2.70 bits per heavy atom. The molecule has 0 radical (unpaired) electrons. The molecule has 0 saturated carbocycles. The minimum absolute atomic E-state index is 0.866. The van der Waals surface area contributed by atoms with Crippen molar-refractivity contribution in [3.63, 3.8) is 0 Å². The van der Waals surface area contributed by atoms with E-state index in [9.17, 15) is 0 Å². The minimum Gasteiger partial charge on any atom is -0.379 e. The molecular weight excluding hydrogens is 304 g/mol. The molecule has 2 fully saturated rings. The first-order valence-electron chi connectivity index (χ1n) is 8.58. The fourth-order valence-corrected chi connectivity index (χ4v) is 3.95. The maximum Gasteiger partial charge on any atom is 0.0594 e. The van der Waals surface area contributed by atoms with Crippen molar-refractivity contribution in [2.75, 3.05) is 57.4 Å². The Labute approximate surface area is 144 Å². The van der Waals surface area contributed by atoms with Gasteiger partial charge in [-0.1, -0.05) is 24.0 Å². The maximum atomic E-state index is 5.37. The summed E-state index contributed by atoms with van der Waals surface area (Å²) in [5, 5.41) is 0. The molecule has 2 saturated heterocycles. The van der Waals surface area contributed by atoms with Crippen molar-refractivity contribution >= 4 is 11.8 Å². The lowest BCUT2D eigenvalue weighted by Crippen LogP contribution is -2.36. The van der Waals surface area contributed by atoms with Gasteiger partial charge in [0.05, 0.1) is 13.2 Å². The van der Waals surface area contributed by atoms with Crippen LogP contribution in [0.4, 0.5) is 0 Å². The zero-order valence-electron chi connectivity index (χ0n) is 13.8. The molecule has 2 heterocycles. The van der Waals surface area contributed by atoms with Gasteiger partial charge in [-0.2, -0.15) is 11.8 Å². The van der Waals surface area contributed by atoms with Gasteiger partial charge in [-0.3, -0.25) is 9.80 Å². The lowest BCUT2D eigenvalue weighted by atomic mass is 10.1. The van der Waals surface area contributed by atoms with Crippen molar-refractivity contribution in [2.24, 2.45) is 0 Å². The van der Waals surface area contributed by atoms with Gasteiger partial charge >= 0.3 is 0 Å². The zero-order chi connectivity index (χ0) is 15.7. The summed E-state index contributed by atoms with van der Waals surface area (Å²) in [6, 6.07) is 8.74. The molecule has 0 atom stereocenters. The minimum atomic E-state index is 0.866. The highest BCUT2D eigenvalue weighted by Crippen LogP contribution is 2.13. The lowest BCUT2D eigenvalue weighted by molar-refractivity contribution is 0.0390. The Morgan fingerprint density at radius 1 is 1.04 bits per heavy atom. The molecule has 2 aliphatic heterocycles. The zero-order valence-corrected chi connectivity index (χ0v) is 14.6.